The van der Waals surface area contributed by atoms with Crippen LogP contribution in [0.4, 0.5) is 14.7 Å². The maximum atomic E-state index is 14.1. The number of benzene rings is 1. The highest BCUT2D eigenvalue weighted by atomic mass is 79.9. The van der Waals surface area contributed by atoms with Crippen LogP contribution in [-0.4, -0.2) is 74.6 Å². The number of aromatic nitrogens is 3. The Balaban J connectivity index is 0.00000320. The van der Waals surface area contributed by atoms with E-state index in [1.165, 1.54) is 12.7 Å². The van der Waals surface area contributed by atoms with Gasteiger partial charge in [-0.3, -0.25) is 10.1 Å². The molecule has 1 aromatic carbocycles. The van der Waals surface area contributed by atoms with Gasteiger partial charge in [-0.15, -0.1) is 0 Å². The Kier molecular flexibility index (Phi) is 7.91. The molecule has 1 aliphatic carbocycles. The van der Waals surface area contributed by atoms with Gasteiger partial charge in [0.15, 0.2) is 18.2 Å². The highest BCUT2D eigenvalue weighted by Gasteiger charge is 2.56. The van der Waals surface area contributed by atoms with Gasteiger partial charge in [0.05, 0.1) is 13.1 Å². The minimum atomic E-state index is -2.93. The summed E-state index contributed by atoms with van der Waals surface area (Å²) in [6.07, 6.45) is 2.70. The van der Waals surface area contributed by atoms with Crippen LogP contribution < -0.4 is 22.3 Å². The van der Waals surface area contributed by atoms with Gasteiger partial charge in [0.1, 0.15) is 19.2 Å². The van der Waals surface area contributed by atoms with Crippen LogP contribution in [0, 0.1) is 11.8 Å². The summed E-state index contributed by atoms with van der Waals surface area (Å²) in [5.74, 6) is -4.74. The number of nitrogens with one attached hydrogen (secondary N) is 1. The highest BCUT2D eigenvalue weighted by molar-refractivity contribution is 5.89. The van der Waals surface area contributed by atoms with E-state index in [0.29, 0.717) is 11.0 Å². The molecule has 1 saturated carbocycles. The summed E-state index contributed by atoms with van der Waals surface area (Å²) in [5.41, 5.74) is -1.90. The standard InChI is InChI=1S/C25H29F2N5O4.BrH/c26-24(27)9-6-19(12-24)25(35,18-4-2-1-3-5-18)22(34)36-20-13-32(10-7-17(20)8-11-32)14-21(33)31-23-29-15-28-16-30-23;/h1-5,15-17,19-20,35H,6-14H2;1H/t17?,19?,20?,25-,32?;/m0./s1. The minimum Gasteiger partial charge on any atom is -1.00 e. The molecule has 4 heterocycles. The maximum Gasteiger partial charge on any atom is 0.343 e. The van der Waals surface area contributed by atoms with E-state index in [0.717, 1.165) is 25.9 Å². The lowest BCUT2D eigenvalue weighted by molar-refractivity contribution is -0.939. The molecule has 2 aromatic rings. The lowest BCUT2D eigenvalue weighted by atomic mass is 9.79. The summed E-state index contributed by atoms with van der Waals surface area (Å²) in [6.45, 7) is 2.12. The molecule has 12 heteroatoms. The van der Waals surface area contributed by atoms with Crippen molar-refractivity contribution in [3.05, 3.63) is 48.5 Å². The zero-order valence-corrected chi connectivity index (χ0v) is 21.8. The van der Waals surface area contributed by atoms with Gasteiger partial charge in [-0.2, -0.15) is 0 Å². The van der Waals surface area contributed by atoms with E-state index in [1.54, 1.807) is 30.3 Å². The first kappa shape index (κ1) is 27.5. The summed E-state index contributed by atoms with van der Waals surface area (Å²) < 4.78 is 34.6. The van der Waals surface area contributed by atoms with E-state index in [4.69, 9.17) is 4.74 Å². The topological polar surface area (TPSA) is 114 Å². The Morgan fingerprint density at radius 3 is 2.43 bits per heavy atom. The molecule has 3 aliphatic heterocycles. The van der Waals surface area contributed by atoms with Gasteiger partial charge in [0.25, 0.3) is 5.91 Å². The van der Waals surface area contributed by atoms with Crippen LogP contribution in [-0.2, 0) is 19.9 Å². The number of rotatable bonds is 7. The van der Waals surface area contributed by atoms with E-state index >= 15 is 0 Å². The second kappa shape index (κ2) is 10.7. The van der Waals surface area contributed by atoms with Gasteiger partial charge in [-0.25, -0.2) is 28.5 Å². The number of amides is 1. The first-order valence-electron chi connectivity index (χ1n) is 12.3. The van der Waals surface area contributed by atoms with Crippen LogP contribution in [0.5, 0.6) is 0 Å². The number of quaternary nitrogens is 1. The Labute approximate surface area is 224 Å². The van der Waals surface area contributed by atoms with Crippen molar-refractivity contribution >= 4 is 17.8 Å². The van der Waals surface area contributed by atoms with E-state index in [2.05, 4.69) is 20.3 Å². The average Bonchev–Trinajstić information content (AvgIpc) is 3.25. The predicted octanol–water partition coefficient (Wildman–Crippen LogP) is -0.710. The van der Waals surface area contributed by atoms with E-state index < -0.39 is 35.9 Å². The molecule has 3 saturated heterocycles. The van der Waals surface area contributed by atoms with Crippen LogP contribution in [0.1, 0.15) is 37.7 Å². The molecule has 9 nitrogen and oxygen atoms in total. The van der Waals surface area contributed by atoms with Crippen molar-refractivity contribution in [2.24, 2.45) is 11.8 Å². The Hall–Kier alpha value is -2.57. The molecule has 1 aromatic heterocycles. The number of fused-ring (bicyclic) bond motifs is 3. The molecule has 4 aliphatic rings. The monoisotopic (exact) mass is 581 g/mol. The number of halogens is 3. The number of carbonyl (C=O) groups is 2. The van der Waals surface area contributed by atoms with Crippen molar-refractivity contribution in [3.63, 3.8) is 0 Å². The number of hydrogen-bond donors (Lipinski definition) is 2. The number of anilines is 1. The molecule has 200 valence electrons. The Morgan fingerprint density at radius 2 is 1.81 bits per heavy atom. The molecule has 2 bridgehead atoms. The van der Waals surface area contributed by atoms with E-state index in [-0.39, 0.29) is 59.7 Å². The number of carbonyl (C=O) groups excluding carboxylic acids is 2. The summed E-state index contributed by atoms with van der Waals surface area (Å²) in [5, 5.41) is 14.3. The largest absolute Gasteiger partial charge is 1.00 e. The van der Waals surface area contributed by atoms with Gasteiger partial charge in [0.2, 0.25) is 11.9 Å². The number of alkyl halides is 2. The molecule has 2 N–H and O–H groups in total. The third-order valence-electron chi connectivity index (χ3n) is 8.04. The number of hydrogen-bond acceptors (Lipinski definition) is 7. The lowest BCUT2D eigenvalue weighted by Crippen LogP contribution is -3.00. The fourth-order valence-electron chi connectivity index (χ4n) is 6.10. The van der Waals surface area contributed by atoms with Crippen molar-refractivity contribution in [1.82, 2.24) is 15.0 Å². The molecular formula is C25H30BrF2N5O4. The third-order valence-corrected chi connectivity index (χ3v) is 8.04. The zero-order valence-electron chi connectivity index (χ0n) is 20.2. The first-order chi connectivity index (χ1) is 17.2. The Bertz CT molecular complexity index is 1100. The summed E-state index contributed by atoms with van der Waals surface area (Å²) >= 11 is 0. The Morgan fingerprint density at radius 1 is 1.14 bits per heavy atom. The van der Waals surface area contributed by atoms with Crippen molar-refractivity contribution in [1.29, 1.82) is 0 Å². The van der Waals surface area contributed by atoms with Gasteiger partial charge in [0, 0.05) is 37.5 Å². The average molecular weight is 582 g/mol. The van der Waals surface area contributed by atoms with E-state index in [9.17, 15) is 23.5 Å². The number of piperidine rings is 3. The van der Waals surface area contributed by atoms with Crippen molar-refractivity contribution in [2.75, 3.05) is 31.5 Å². The van der Waals surface area contributed by atoms with Gasteiger partial charge < -0.3 is 31.3 Å². The first-order valence-corrected chi connectivity index (χ1v) is 12.3. The van der Waals surface area contributed by atoms with Crippen LogP contribution in [0.15, 0.2) is 43.0 Å². The van der Waals surface area contributed by atoms with Crippen LogP contribution in [0.3, 0.4) is 0 Å². The van der Waals surface area contributed by atoms with Crippen LogP contribution >= 0.6 is 0 Å². The zero-order chi connectivity index (χ0) is 25.4. The normalized spacial score (nSPS) is 29.5. The van der Waals surface area contributed by atoms with Crippen molar-refractivity contribution < 1.29 is 49.7 Å². The SMILES string of the molecule is O=C(C[N+]12CCC(CC1)C(OC(=O)[C@](O)(c1ccccc1)C1CCC(F)(F)C1)C2)Nc1ncncn1.[Br-]. The molecule has 2 unspecified atom stereocenters. The fraction of sp³-hybridized carbons (Fsp3) is 0.560. The molecular weight excluding hydrogens is 552 g/mol. The lowest BCUT2D eigenvalue weighted by Gasteiger charge is -2.51. The molecule has 0 radical (unpaired) electrons. The quantitative estimate of drug-likeness (QED) is 0.328. The molecule has 3 atom stereocenters. The fourth-order valence-corrected chi connectivity index (χ4v) is 6.10. The summed E-state index contributed by atoms with van der Waals surface area (Å²) in [7, 11) is 0. The smallest absolute Gasteiger partial charge is 0.343 e. The van der Waals surface area contributed by atoms with Gasteiger partial charge in [-0.1, -0.05) is 30.3 Å². The van der Waals surface area contributed by atoms with E-state index in [1.807, 2.05) is 0 Å². The van der Waals surface area contributed by atoms with Gasteiger partial charge >= 0.3 is 5.97 Å². The van der Waals surface area contributed by atoms with Crippen molar-refractivity contribution in [2.45, 2.75) is 49.7 Å². The molecule has 1 amide bonds. The number of esters is 1. The van der Waals surface area contributed by atoms with Gasteiger partial charge in [-0.05, 0) is 12.0 Å². The van der Waals surface area contributed by atoms with Crippen molar-refractivity contribution in [3.8, 4) is 0 Å². The highest BCUT2D eigenvalue weighted by Crippen LogP contribution is 2.48. The second-order valence-electron chi connectivity index (χ2n) is 10.3. The van der Waals surface area contributed by atoms with Crippen LogP contribution in [0.25, 0.3) is 0 Å². The number of nitrogens with zero attached hydrogens (tertiary/aromatic N) is 4. The number of ether oxygens (including phenoxy) is 1. The summed E-state index contributed by atoms with van der Waals surface area (Å²) in [6, 6.07) is 8.23. The molecule has 0 spiro atoms. The maximum absolute atomic E-state index is 14.1. The summed E-state index contributed by atoms with van der Waals surface area (Å²) in [4.78, 5) is 37.8. The predicted molar refractivity (Wildman–Crippen MR) is 123 cm³/mol. The minimum absolute atomic E-state index is 0. The molecule has 4 fully saturated rings. The number of aliphatic hydroxyl groups is 1. The third kappa shape index (κ3) is 5.65. The van der Waals surface area contributed by atoms with Crippen LogP contribution in [0.2, 0.25) is 0 Å². The second-order valence-corrected chi connectivity index (χ2v) is 10.3. The molecule has 37 heavy (non-hydrogen) atoms. The molecule has 6 rings (SSSR count).